The Balaban J connectivity index is 1.87. The van der Waals surface area contributed by atoms with E-state index < -0.39 is 0 Å². The highest BCUT2D eigenvalue weighted by Gasteiger charge is 2.09. The van der Waals surface area contributed by atoms with Gasteiger partial charge in [-0.15, -0.1) is 68.0 Å². The average molecular weight is 493 g/mol. The Morgan fingerprint density at radius 1 is 0.267 bits per heavy atom. The van der Waals surface area contributed by atoms with Gasteiger partial charge >= 0.3 is 0 Å². The first-order valence-corrected chi connectivity index (χ1v) is 14.3. The van der Waals surface area contributed by atoms with Gasteiger partial charge < -0.3 is 0 Å². The number of hydrogen-bond acceptors (Lipinski definition) is 6. The molecule has 0 saturated heterocycles. The van der Waals surface area contributed by atoms with Crippen LogP contribution in [0.15, 0.2) is 72.8 Å². The van der Waals surface area contributed by atoms with Crippen LogP contribution < -0.4 is 0 Å². The lowest BCUT2D eigenvalue weighted by Gasteiger charge is -2.06. The molecule has 144 valence electrons. The molecule has 0 nitrogen and oxygen atoms in total. The SMILES string of the molecule is c1cc2sc3cccc4sc5cccc6sc7cccc(sc(c1)c2sc34)c7sc65. The van der Waals surface area contributed by atoms with Crippen molar-refractivity contribution in [2.45, 2.75) is 0 Å². The lowest BCUT2D eigenvalue weighted by molar-refractivity contribution is 1.95. The zero-order chi connectivity index (χ0) is 19.7. The molecule has 30 heavy (non-hydrogen) atoms. The predicted octanol–water partition coefficient (Wildman–Crippen LogP) is 10.7. The van der Waals surface area contributed by atoms with Crippen molar-refractivity contribution in [2.75, 3.05) is 0 Å². The molecule has 0 radical (unpaired) electrons. The maximum Gasteiger partial charge on any atom is 0.0622 e. The Morgan fingerprint density at radius 3 is 0.667 bits per heavy atom. The molecule has 0 aliphatic heterocycles. The second-order valence-electron chi connectivity index (χ2n) is 6.95. The van der Waals surface area contributed by atoms with Gasteiger partial charge in [0.25, 0.3) is 0 Å². The lowest BCUT2D eigenvalue weighted by atomic mass is 10.3. The molecule has 3 heterocycles. The van der Waals surface area contributed by atoms with E-state index in [0.717, 1.165) is 0 Å². The van der Waals surface area contributed by atoms with E-state index in [1.807, 2.05) is 68.0 Å². The highest BCUT2D eigenvalue weighted by atomic mass is 32.1. The average Bonchev–Trinajstić information content (AvgIpc) is 2.77. The molecule has 4 aromatic carbocycles. The van der Waals surface area contributed by atoms with Crippen molar-refractivity contribution in [3.05, 3.63) is 72.8 Å². The molecular formula is C24H12S6. The topological polar surface area (TPSA) is 0 Å². The molecule has 0 saturated carbocycles. The van der Waals surface area contributed by atoms with Crippen molar-refractivity contribution < 1.29 is 0 Å². The third-order valence-corrected chi connectivity index (χ3v) is 13.1. The fourth-order valence-corrected chi connectivity index (χ4v) is 11.5. The van der Waals surface area contributed by atoms with E-state index in [-0.39, 0.29) is 0 Å². The fourth-order valence-electron chi connectivity index (χ4n) is 3.71. The Bertz CT molecular complexity index is 1550. The van der Waals surface area contributed by atoms with Gasteiger partial charge in [0.2, 0.25) is 0 Å². The van der Waals surface area contributed by atoms with Crippen molar-refractivity contribution in [1.82, 2.24) is 0 Å². The second-order valence-corrected chi connectivity index (χ2v) is 13.3. The van der Waals surface area contributed by atoms with Crippen LogP contribution in [0.1, 0.15) is 0 Å². The Labute approximate surface area is 195 Å². The molecule has 0 N–H and O–H groups in total. The van der Waals surface area contributed by atoms with E-state index in [2.05, 4.69) is 72.8 Å². The summed E-state index contributed by atoms with van der Waals surface area (Å²) in [6.45, 7) is 0. The van der Waals surface area contributed by atoms with Gasteiger partial charge in [-0.25, -0.2) is 0 Å². The standard InChI is InChI=1S/C24H12S6/c1-5-13-21-17(9-1)27-18-10-3-7-15-23(18)30-24-16(26-15)8-4-12-20(24)28-19-11-2-6-14(25-13)22(19)29-21/h1-12H. The van der Waals surface area contributed by atoms with Gasteiger partial charge in [-0.3, -0.25) is 0 Å². The van der Waals surface area contributed by atoms with Crippen LogP contribution >= 0.6 is 68.0 Å². The third-order valence-electron chi connectivity index (χ3n) is 5.06. The molecule has 0 atom stereocenters. The fraction of sp³-hybridized carbons (Fsp3) is 0. The summed E-state index contributed by atoms with van der Waals surface area (Å²) in [5.74, 6) is 0. The van der Waals surface area contributed by atoms with E-state index >= 15 is 0 Å². The quantitative estimate of drug-likeness (QED) is 0.185. The number of hydrogen-bond donors (Lipinski definition) is 0. The van der Waals surface area contributed by atoms with Crippen LogP contribution in [-0.4, -0.2) is 0 Å². The summed E-state index contributed by atoms with van der Waals surface area (Å²) in [7, 11) is 0. The molecule has 7 aromatic rings. The van der Waals surface area contributed by atoms with Crippen LogP contribution in [0.4, 0.5) is 0 Å². The molecule has 4 bridgehead atoms. The van der Waals surface area contributed by atoms with Crippen molar-refractivity contribution in [1.29, 1.82) is 0 Å². The summed E-state index contributed by atoms with van der Waals surface area (Å²) in [5, 5.41) is 0. The summed E-state index contributed by atoms with van der Waals surface area (Å²) < 4.78 is 16.5. The van der Waals surface area contributed by atoms with Gasteiger partial charge in [-0.1, -0.05) is 24.3 Å². The number of benzene rings is 4. The highest BCUT2D eigenvalue weighted by Crippen LogP contribution is 2.44. The minimum absolute atomic E-state index is 1.36. The van der Waals surface area contributed by atoms with Gasteiger partial charge in [-0.05, 0) is 48.5 Å². The Morgan fingerprint density at radius 2 is 0.467 bits per heavy atom. The summed E-state index contributed by atoms with van der Waals surface area (Å²) >= 11 is 11.5. The van der Waals surface area contributed by atoms with Crippen LogP contribution in [0, 0.1) is 0 Å². The predicted molar refractivity (Wildman–Crippen MR) is 145 cm³/mol. The van der Waals surface area contributed by atoms with Crippen LogP contribution in [0.25, 0.3) is 56.4 Å². The normalized spacial score (nSPS) is 12.0. The Hall–Kier alpha value is -1.80. The molecular weight excluding hydrogens is 481 g/mol. The van der Waals surface area contributed by atoms with Crippen molar-refractivity contribution >= 4 is 124 Å². The van der Waals surface area contributed by atoms with Gasteiger partial charge in [-0.2, -0.15) is 0 Å². The maximum absolute atomic E-state index is 2.28. The van der Waals surface area contributed by atoms with E-state index in [4.69, 9.17) is 0 Å². The van der Waals surface area contributed by atoms with Crippen molar-refractivity contribution in [2.24, 2.45) is 0 Å². The molecule has 0 spiro atoms. The molecule has 0 amide bonds. The minimum atomic E-state index is 1.36. The van der Waals surface area contributed by atoms with Crippen LogP contribution in [0.5, 0.6) is 0 Å². The molecule has 0 fully saturated rings. The largest absolute Gasteiger partial charge is 0.133 e. The monoisotopic (exact) mass is 492 g/mol. The molecule has 7 rings (SSSR count). The van der Waals surface area contributed by atoms with Gasteiger partial charge in [0.15, 0.2) is 0 Å². The van der Waals surface area contributed by atoms with Crippen LogP contribution in [0.3, 0.4) is 0 Å². The van der Waals surface area contributed by atoms with E-state index in [9.17, 15) is 0 Å². The summed E-state index contributed by atoms with van der Waals surface area (Å²) in [4.78, 5) is 0. The van der Waals surface area contributed by atoms with Gasteiger partial charge in [0, 0.05) is 37.6 Å². The molecule has 0 aliphatic carbocycles. The second kappa shape index (κ2) is 6.85. The van der Waals surface area contributed by atoms with Crippen LogP contribution in [0.2, 0.25) is 0 Å². The third kappa shape index (κ3) is 2.72. The smallest absolute Gasteiger partial charge is 0.0622 e. The first kappa shape index (κ1) is 17.8. The Kier molecular flexibility index (Phi) is 4.07. The highest BCUT2D eigenvalue weighted by molar-refractivity contribution is 7.44. The summed E-state index contributed by atoms with van der Waals surface area (Å²) in [5.41, 5.74) is 0. The summed E-state index contributed by atoms with van der Waals surface area (Å²) in [6, 6.07) is 27.0. The zero-order valence-corrected chi connectivity index (χ0v) is 20.3. The first-order valence-electron chi connectivity index (χ1n) is 9.43. The van der Waals surface area contributed by atoms with Crippen LogP contribution in [-0.2, 0) is 0 Å². The molecule has 0 aliphatic rings. The molecule has 0 unspecified atom stereocenters. The minimum Gasteiger partial charge on any atom is -0.133 e. The summed E-state index contributed by atoms with van der Waals surface area (Å²) in [6.07, 6.45) is 0. The zero-order valence-electron chi connectivity index (χ0n) is 15.4. The molecule has 3 aromatic heterocycles. The van der Waals surface area contributed by atoms with Gasteiger partial charge in [0.05, 0.1) is 18.8 Å². The van der Waals surface area contributed by atoms with Gasteiger partial charge in [0.1, 0.15) is 0 Å². The van der Waals surface area contributed by atoms with Crippen molar-refractivity contribution in [3.8, 4) is 0 Å². The number of rotatable bonds is 0. The van der Waals surface area contributed by atoms with E-state index in [0.29, 0.717) is 0 Å². The van der Waals surface area contributed by atoms with Crippen molar-refractivity contribution in [3.63, 3.8) is 0 Å². The first-order chi connectivity index (χ1) is 14.8. The molecule has 6 heteroatoms. The maximum atomic E-state index is 2.28. The lowest BCUT2D eigenvalue weighted by Crippen LogP contribution is -1.74. The van der Waals surface area contributed by atoms with E-state index in [1.54, 1.807) is 0 Å². The van der Waals surface area contributed by atoms with E-state index in [1.165, 1.54) is 56.4 Å².